The lowest BCUT2D eigenvalue weighted by Crippen LogP contribution is -2.46. The number of hydrogen-bond acceptors (Lipinski definition) is 4. The Morgan fingerprint density at radius 3 is 2.54 bits per heavy atom. The van der Waals surface area contributed by atoms with Crippen LogP contribution >= 0.6 is 0 Å². The maximum atomic E-state index is 12.6. The first-order chi connectivity index (χ1) is 12.2. The van der Waals surface area contributed by atoms with Gasteiger partial charge in [-0.2, -0.15) is 13.2 Å². The standard InChI is InChI=1S/C17H22F3N3O3/c1-23(15(25)17(18,19)20)10-12-3-2-4-13(9-12)22-14(24)16(11-21)5-7-26-8-6-16/h2-4,9H,5-8,10-11,21H2,1H3,(H,22,24). The molecule has 0 bridgehead atoms. The first-order valence-electron chi connectivity index (χ1n) is 8.18. The molecule has 0 atom stereocenters. The number of nitrogens with zero attached hydrogens (tertiary/aromatic N) is 1. The van der Waals surface area contributed by atoms with E-state index in [0.717, 1.165) is 7.05 Å². The van der Waals surface area contributed by atoms with Crippen molar-refractivity contribution in [2.75, 3.05) is 32.1 Å². The number of carbonyl (C=O) groups excluding carboxylic acids is 2. The van der Waals surface area contributed by atoms with Crippen LogP contribution in [-0.4, -0.2) is 49.7 Å². The molecule has 6 nitrogen and oxygen atoms in total. The highest BCUT2D eigenvalue weighted by atomic mass is 19.4. The van der Waals surface area contributed by atoms with Gasteiger partial charge in [0.2, 0.25) is 5.91 Å². The molecule has 1 aliphatic heterocycles. The average Bonchev–Trinajstić information content (AvgIpc) is 2.61. The number of alkyl halides is 3. The summed E-state index contributed by atoms with van der Waals surface area (Å²) < 4.78 is 42.7. The van der Waals surface area contributed by atoms with Crippen molar-refractivity contribution in [3.8, 4) is 0 Å². The van der Waals surface area contributed by atoms with E-state index in [-0.39, 0.29) is 19.0 Å². The summed E-state index contributed by atoms with van der Waals surface area (Å²) in [5.41, 5.74) is 6.00. The fourth-order valence-electron chi connectivity index (χ4n) is 2.86. The molecule has 0 spiro atoms. The van der Waals surface area contributed by atoms with E-state index in [1.807, 2.05) is 0 Å². The van der Waals surface area contributed by atoms with Gasteiger partial charge in [-0.1, -0.05) is 12.1 Å². The first kappa shape index (κ1) is 20.2. The summed E-state index contributed by atoms with van der Waals surface area (Å²) in [6, 6.07) is 6.37. The Bertz CT molecular complexity index is 658. The number of benzene rings is 1. The molecule has 9 heteroatoms. The van der Waals surface area contributed by atoms with E-state index in [9.17, 15) is 22.8 Å². The third-order valence-corrected chi connectivity index (χ3v) is 4.52. The van der Waals surface area contributed by atoms with Gasteiger partial charge in [0.1, 0.15) is 0 Å². The summed E-state index contributed by atoms with van der Waals surface area (Å²) in [6.45, 7) is 0.868. The Morgan fingerprint density at radius 2 is 1.96 bits per heavy atom. The largest absolute Gasteiger partial charge is 0.471 e. The number of nitrogens with two attached hydrogens (primary N) is 1. The monoisotopic (exact) mass is 373 g/mol. The zero-order valence-electron chi connectivity index (χ0n) is 14.4. The molecular weight excluding hydrogens is 351 g/mol. The first-order valence-corrected chi connectivity index (χ1v) is 8.18. The van der Waals surface area contributed by atoms with Crippen LogP contribution < -0.4 is 11.1 Å². The SMILES string of the molecule is CN(Cc1cccc(NC(=O)C2(CN)CCOCC2)c1)C(=O)C(F)(F)F. The smallest absolute Gasteiger partial charge is 0.381 e. The highest BCUT2D eigenvalue weighted by Gasteiger charge is 2.41. The molecule has 1 fully saturated rings. The molecule has 1 heterocycles. The summed E-state index contributed by atoms with van der Waals surface area (Å²) in [7, 11) is 1.08. The molecule has 1 aromatic carbocycles. The molecular formula is C17H22F3N3O3. The highest BCUT2D eigenvalue weighted by molar-refractivity contribution is 5.95. The maximum absolute atomic E-state index is 12.6. The number of ether oxygens (including phenoxy) is 1. The van der Waals surface area contributed by atoms with Gasteiger partial charge in [0.05, 0.1) is 5.41 Å². The molecule has 0 aromatic heterocycles. The Labute approximate surface area is 149 Å². The molecule has 0 aliphatic carbocycles. The number of nitrogens with one attached hydrogen (secondary N) is 1. The van der Waals surface area contributed by atoms with Crippen LogP contribution in [0.5, 0.6) is 0 Å². The highest BCUT2D eigenvalue weighted by Crippen LogP contribution is 2.31. The van der Waals surface area contributed by atoms with Crippen molar-refractivity contribution in [1.29, 1.82) is 0 Å². The Kier molecular flexibility index (Phi) is 6.25. The van der Waals surface area contributed by atoms with Crippen LogP contribution in [0.25, 0.3) is 0 Å². The van der Waals surface area contributed by atoms with Gasteiger partial charge < -0.3 is 20.7 Å². The number of hydrogen-bond donors (Lipinski definition) is 2. The van der Waals surface area contributed by atoms with Gasteiger partial charge in [-0.05, 0) is 30.5 Å². The lowest BCUT2D eigenvalue weighted by molar-refractivity contribution is -0.184. The zero-order valence-corrected chi connectivity index (χ0v) is 14.4. The van der Waals surface area contributed by atoms with E-state index < -0.39 is 17.5 Å². The van der Waals surface area contributed by atoms with Gasteiger partial charge >= 0.3 is 12.1 Å². The maximum Gasteiger partial charge on any atom is 0.471 e. The fraction of sp³-hybridized carbons (Fsp3) is 0.529. The van der Waals surface area contributed by atoms with Crippen LogP contribution in [0.15, 0.2) is 24.3 Å². The van der Waals surface area contributed by atoms with Crippen LogP contribution in [0, 0.1) is 5.41 Å². The lowest BCUT2D eigenvalue weighted by Gasteiger charge is -2.34. The van der Waals surface area contributed by atoms with Gasteiger partial charge in [0.15, 0.2) is 0 Å². The van der Waals surface area contributed by atoms with Gasteiger partial charge in [0.25, 0.3) is 0 Å². The molecule has 2 amide bonds. The van der Waals surface area contributed by atoms with Crippen molar-refractivity contribution in [2.45, 2.75) is 25.6 Å². The van der Waals surface area contributed by atoms with E-state index >= 15 is 0 Å². The quantitative estimate of drug-likeness (QED) is 0.826. The molecule has 0 unspecified atom stereocenters. The van der Waals surface area contributed by atoms with E-state index in [2.05, 4.69) is 5.32 Å². The van der Waals surface area contributed by atoms with Crippen LogP contribution in [0.3, 0.4) is 0 Å². The molecule has 26 heavy (non-hydrogen) atoms. The number of halogens is 3. The van der Waals surface area contributed by atoms with Gasteiger partial charge in [0, 0.05) is 39.0 Å². The number of carbonyl (C=O) groups is 2. The van der Waals surface area contributed by atoms with E-state index in [1.54, 1.807) is 24.3 Å². The van der Waals surface area contributed by atoms with Crippen LogP contribution in [0.4, 0.5) is 18.9 Å². The Morgan fingerprint density at radius 1 is 1.31 bits per heavy atom. The normalized spacial score (nSPS) is 16.8. The predicted molar refractivity (Wildman–Crippen MR) is 89.1 cm³/mol. The molecule has 144 valence electrons. The second-order valence-corrected chi connectivity index (χ2v) is 6.41. The lowest BCUT2D eigenvalue weighted by atomic mass is 9.79. The Hall–Kier alpha value is -2.13. The molecule has 1 saturated heterocycles. The van der Waals surface area contributed by atoms with E-state index in [1.165, 1.54) is 0 Å². The van der Waals surface area contributed by atoms with E-state index in [4.69, 9.17) is 10.5 Å². The minimum Gasteiger partial charge on any atom is -0.381 e. The van der Waals surface area contributed by atoms with Gasteiger partial charge in [-0.3, -0.25) is 9.59 Å². The van der Waals surface area contributed by atoms with Crippen LogP contribution in [0.1, 0.15) is 18.4 Å². The second-order valence-electron chi connectivity index (χ2n) is 6.41. The second kappa shape index (κ2) is 8.05. The van der Waals surface area contributed by atoms with Crippen molar-refractivity contribution in [3.05, 3.63) is 29.8 Å². The van der Waals surface area contributed by atoms with Crippen LogP contribution in [-0.2, 0) is 20.9 Å². The van der Waals surface area contributed by atoms with E-state index in [0.29, 0.717) is 42.2 Å². The number of anilines is 1. The molecule has 0 radical (unpaired) electrons. The van der Waals surface area contributed by atoms with Gasteiger partial charge in [-0.15, -0.1) is 0 Å². The predicted octanol–water partition coefficient (Wildman–Crippen LogP) is 1.90. The topological polar surface area (TPSA) is 84.7 Å². The number of rotatable bonds is 5. The van der Waals surface area contributed by atoms with Crippen molar-refractivity contribution < 1.29 is 27.5 Å². The molecule has 1 aliphatic rings. The zero-order chi connectivity index (χ0) is 19.4. The average molecular weight is 373 g/mol. The fourth-order valence-corrected chi connectivity index (χ4v) is 2.86. The molecule has 3 N–H and O–H groups in total. The Balaban J connectivity index is 2.07. The summed E-state index contributed by atoms with van der Waals surface area (Å²) >= 11 is 0. The third-order valence-electron chi connectivity index (χ3n) is 4.52. The van der Waals surface area contributed by atoms with Crippen LogP contribution in [0.2, 0.25) is 0 Å². The number of amides is 2. The van der Waals surface area contributed by atoms with Crippen molar-refractivity contribution in [3.63, 3.8) is 0 Å². The van der Waals surface area contributed by atoms with Gasteiger partial charge in [-0.25, -0.2) is 0 Å². The summed E-state index contributed by atoms with van der Waals surface area (Å²) in [5, 5.41) is 2.78. The minimum absolute atomic E-state index is 0.185. The minimum atomic E-state index is -4.92. The van der Waals surface area contributed by atoms with Crippen molar-refractivity contribution in [1.82, 2.24) is 4.90 Å². The van der Waals surface area contributed by atoms with Crippen molar-refractivity contribution in [2.24, 2.45) is 11.1 Å². The summed E-state index contributed by atoms with van der Waals surface area (Å²) in [6.07, 6.45) is -3.90. The summed E-state index contributed by atoms with van der Waals surface area (Å²) in [4.78, 5) is 24.4. The molecule has 0 saturated carbocycles. The van der Waals surface area contributed by atoms with Crippen molar-refractivity contribution >= 4 is 17.5 Å². The molecule has 1 aromatic rings. The summed E-state index contributed by atoms with van der Waals surface area (Å²) in [5.74, 6) is -2.16. The molecule has 2 rings (SSSR count). The third kappa shape index (κ3) is 4.73.